The van der Waals surface area contributed by atoms with Gasteiger partial charge in [-0.2, -0.15) is 0 Å². The molecule has 0 aromatic heterocycles. The highest BCUT2D eigenvalue weighted by Gasteiger charge is 2.26. The van der Waals surface area contributed by atoms with Gasteiger partial charge in [-0.15, -0.1) is 0 Å². The predicted octanol–water partition coefficient (Wildman–Crippen LogP) is 23.9. The lowest BCUT2D eigenvalue weighted by Gasteiger charge is -2.19. The fraction of sp³-hybridized carbons (Fsp3) is 0.763. The Morgan fingerprint density at radius 2 is 0.640 bits per heavy atom. The number of carbonyl (C=O) groups excluding carboxylic acids is 2. The second kappa shape index (κ2) is 71.0. The van der Waals surface area contributed by atoms with Gasteiger partial charge in [-0.25, -0.2) is 4.57 Å². The van der Waals surface area contributed by atoms with Crippen molar-refractivity contribution >= 4 is 19.8 Å². The highest BCUT2D eigenvalue weighted by atomic mass is 31.2. The van der Waals surface area contributed by atoms with E-state index in [1.165, 1.54) is 212 Å². The predicted molar refractivity (Wildman–Crippen MR) is 372 cm³/mol. The lowest BCUT2D eigenvalue weighted by atomic mass is 10.0. The van der Waals surface area contributed by atoms with E-state index in [1.807, 2.05) is 0 Å². The van der Waals surface area contributed by atoms with Crippen LogP contribution in [0.1, 0.15) is 341 Å². The zero-order valence-corrected chi connectivity index (χ0v) is 56.9. The number of allylic oxidation sites excluding steroid dienone is 16. The molecule has 0 radical (unpaired) electrons. The number of nitrogens with two attached hydrogens (primary N) is 1. The molecule has 3 N–H and O–H groups in total. The molecule has 0 aliphatic heterocycles. The molecule has 2 atom stereocenters. The summed E-state index contributed by atoms with van der Waals surface area (Å²) in [7, 11) is -4.40. The van der Waals surface area contributed by atoms with Crippen LogP contribution in [-0.4, -0.2) is 49.3 Å². The molecule has 0 fully saturated rings. The summed E-state index contributed by atoms with van der Waals surface area (Å²) in [6.45, 7) is 3.67. The third-order valence-electron chi connectivity index (χ3n) is 15.7. The zero-order chi connectivity index (χ0) is 62.3. The highest BCUT2D eigenvalue weighted by Crippen LogP contribution is 2.43. The van der Waals surface area contributed by atoms with Gasteiger partial charge in [0.05, 0.1) is 13.2 Å². The van der Waals surface area contributed by atoms with Crippen LogP contribution >= 0.6 is 7.82 Å². The summed E-state index contributed by atoms with van der Waals surface area (Å²) in [5.41, 5.74) is 5.41. The van der Waals surface area contributed by atoms with E-state index >= 15 is 0 Å². The normalized spacial score (nSPS) is 13.5. The van der Waals surface area contributed by atoms with Crippen LogP contribution in [0.3, 0.4) is 0 Å². The van der Waals surface area contributed by atoms with Gasteiger partial charge in [0.1, 0.15) is 6.61 Å². The Hall–Kier alpha value is -3.07. The molecular formula is C76H136NO8P. The van der Waals surface area contributed by atoms with Gasteiger partial charge in [0.25, 0.3) is 0 Å². The van der Waals surface area contributed by atoms with Crippen LogP contribution in [0.4, 0.5) is 0 Å². The summed E-state index contributed by atoms with van der Waals surface area (Å²) in [6.07, 6.45) is 96.5. The van der Waals surface area contributed by atoms with Gasteiger partial charge >= 0.3 is 19.8 Å². The van der Waals surface area contributed by atoms with Crippen LogP contribution in [0.15, 0.2) is 97.2 Å². The fourth-order valence-corrected chi connectivity index (χ4v) is 11.2. The van der Waals surface area contributed by atoms with Crippen LogP contribution in [0.5, 0.6) is 0 Å². The maximum absolute atomic E-state index is 12.8. The van der Waals surface area contributed by atoms with E-state index < -0.39 is 26.5 Å². The highest BCUT2D eigenvalue weighted by molar-refractivity contribution is 7.47. The fourth-order valence-electron chi connectivity index (χ4n) is 10.4. The Balaban J connectivity index is 3.89. The molecule has 498 valence electrons. The van der Waals surface area contributed by atoms with E-state index in [1.54, 1.807) is 0 Å². The maximum atomic E-state index is 12.8. The van der Waals surface area contributed by atoms with Gasteiger partial charge in [0, 0.05) is 19.4 Å². The van der Waals surface area contributed by atoms with Crippen molar-refractivity contribution in [2.45, 2.75) is 347 Å². The molecule has 0 aliphatic rings. The zero-order valence-electron chi connectivity index (χ0n) is 56.0. The standard InChI is InChI=1S/C76H136NO8P/c1-3-5-7-9-11-13-15-17-19-21-23-25-27-29-31-33-35-36-37-38-39-41-43-45-47-49-51-53-55-57-59-61-63-65-67-69-76(79)85-74(73-84-86(80,81)83-71-70-77)72-82-75(78)68-66-64-62-60-58-56-54-52-50-48-46-44-42-40-34-32-30-28-26-24-22-20-18-16-14-12-10-8-6-4-2/h5,7,11,13,17,19,23,25,29,31,35-36,38-39,43,45,74H,3-4,6,8-10,12,14-16,18,20-22,24,26-28,30,32-34,37,40-42,44,46-73,77H2,1-2H3,(H,80,81)/b7-5-,13-11-,19-17-,25-23-,31-29-,36-35-,39-38-,45-43-. The smallest absolute Gasteiger partial charge is 0.462 e. The van der Waals surface area contributed by atoms with Gasteiger partial charge in [-0.1, -0.05) is 349 Å². The van der Waals surface area contributed by atoms with Gasteiger partial charge in [-0.05, 0) is 77.0 Å². The van der Waals surface area contributed by atoms with E-state index in [-0.39, 0.29) is 38.6 Å². The molecule has 0 aromatic rings. The molecule has 0 aliphatic carbocycles. The van der Waals surface area contributed by atoms with Crippen LogP contribution in [-0.2, 0) is 32.7 Å². The SMILES string of the molecule is CC/C=C\C/C=C\C/C=C\C/C=C\C/C=C\C/C=C\C/C=C\C/C=C\CCCCCCCCCCCCC(=O)OC(COC(=O)CCCCCCCCCCCCCCCCCCCCCCCCCCCCCCCC)COP(=O)(O)OCCN. The van der Waals surface area contributed by atoms with Gasteiger partial charge in [-0.3, -0.25) is 18.6 Å². The van der Waals surface area contributed by atoms with Crippen molar-refractivity contribution in [3.8, 4) is 0 Å². The van der Waals surface area contributed by atoms with E-state index in [0.29, 0.717) is 6.42 Å². The number of esters is 2. The number of carbonyl (C=O) groups is 2. The van der Waals surface area contributed by atoms with Crippen LogP contribution in [0, 0.1) is 0 Å². The molecule has 9 nitrogen and oxygen atoms in total. The first-order valence-electron chi connectivity index (χ1n) is 36.2. The summed E-state index contributed by atoms with van der Waals surface area (Å²) in [4.78, 5) is 35.4. The van der Waals surface area contributed by atoms with Gasteiger partial charge in [0.15, 0.2) is 6.10 Å². The minimum absolute atomic E-state index is 0.0505. The van der Waals surface area contributed by atoms with Crippen molar-refractivity contribution in [3.63, 3.8) is 0 Å². The topological polar surface area (TPSA) is 134 Å². The van der Waals surface area contributed by atoms with Gasteiger partial charge in [0.2, 0.25) is 0 Å². The van der Waals surface area contributed by atoms with E-state index in [4.69, 9.17) is 24.3 Å². The first-order chi connectivity index (χ1) is 42.3. The first kappa shape index (κ1) is 82.9. The van der Waals surface area contributed by atoms with E-state index in [9.17, 15) is 19.0 Å². The Kier molecular flexibility index (Phi) is 68.5. The number of rotatable bonds is 68. The quantitative estimate of drug-likeness (QED) is 0.0264. The lowest BCUT2D eigenvalue weighted by molar-refractivity contribution is -0.161. The third-order valence-corrected chi connectivity index (χ3v) is 16.7. The molecule has 0 saturated carbocycles. The number of phosphoric acid groups is 1. The molecule has 0 rings (SSSR count). The second-order valence-corrected chi connectivity index (χ2v) is 25.5. The Labute approximate surface area is 531 Å². The van der Waals surface area contributed by atoms with Crippen molar-refractivity contribution in [1.29, 1.82) is 0 Å². The number of phosphoric ester groups is 1. The molecule has 0 heterocycles. The molecule has 0 bridgehead atoms. The van der Waals surface area contributed by atoms with E-state index in [2.05, 4.69) is 111 Å². The van der Waals surface area contributed by atoms with Crippen LogP contribution in [0.25, 0.3) is 0 Å². The molecule has 0 amide bonds. The first-order valence-corrected chi connectivity index (χ1v) is 37.7. The van der Waals surface area contributed by atoms with Gasteiger partial charge < -0.3 is 20.1 Å². The summed E-state index contributed by atoms with van der Waals surface area (Å²) < 4.78 is 33.2. The van der Waals surface area contributed by atoms with Crippen molar-refractivity contribution in [2.24, 2.45) is 5.73 Å². The lowest BCUT2D eigenvalue weighted by Crippen LogP contribution is -2.29. The van der Waals surface area contributed by atoms with Crippen molar-refractivity contribution in [3.05, 3.63) is 97.2 Å². The average molecular weight is 1220 g/mol. The number of hydrogen-bond acceptors (Lipinski definition) is 8. The summed E-state index contributed by atoms with van der Waals surface area (Å²) in [5, 5.41) is 0. The van der Waals surface area contributed by atoms with Crippen molar-refractivity contribution in [2.75, 3.05) is 26.4 Å². The van der Waals surface area contributed by atoms with Crippen molar-refractivity contribution < 1.29 is 37.6 Å². The molecule has 86 heavy (non-hydrogen) atoms. The van der Waals surface area contributed by atoms with E-state index in [0.717, 1.165) is 96.3 Å². The number of unbranched alkanes of at least 4 members (excludes halogenated alkanes) is 39. The average Bonchev–Trinajstić information content (AvgIpc) is 3.59. The minimum Gasteiger partial charge on any atom is -0.462 e. The summed E-state index contributed by atoms with van der Waals surface area (Å²) in [5.74, 6) is -0.822. The van der Waals surface area contributed by atoms with Crippen LogP contribution < -0.4 is 5.73 Å². The largest absolute Gasteiger partial charge is 0.472 e. The summed E-state index contributed by atoms with van der Waals surface area (Å²) in [6, 6.07) is 0. The third kappa shape index (κ3) is 70.0. The second-order valence-electron chi connectivity index (χ2n) is 24.1. The Morgan fingerprint density at radius 3 is 0.953 bits per heavy atom. The number of ether oxygens (including phenoxy) is 2. The Morgan fingerprint density at radius 1 is 0.360 bits per heavy atom. The molecule has 10 heteroatoms. The number of hydrogen-bond donors (Lipinski definition) is 2. The van der Waals surface area contributed by atoms with Crippen molar-refractivity contribution in [1.82, 2.24) is 0 Å². The maximum Gasteiger partial charge on any atom is 0.472 e. The molecular weight excluding hydrogens is 1090 g/mol. The molecule has 0 spiro atoms. The molecule has 0 aromatic carbocycles. The Bertz CT molecular complexity index is 1730. The monoisotopic (exact) mass is 1220 g/mol. The minimum atomic E-state index is -4.40. The van der Waals surface area contributed by atoms with Crippen LogP contribution in [0.2, 0.25) is 0 Å². The molecule has 2 unspecified atom stereocenters. The molecule has 0 saturated heterocycles. The summed E-state index contributed by atoms with van der Waals surface area (Å²) >= 11 is 0.